The second kappa shape index (κ2) is 8.50. The van der Waals surface area contributed by atoms with Crippen LogP contribution < -0.4 is 16.2 Å². The maximum atomic E-state index is 11.2. The number of hydrogen-bond acceptors (Lipinski definition) is 5. The lowest BCUT2D eigenvalue weighted by atomic mass is 10.0. The normalized spacial score (nSPS) is 15.7. The van der Waals surface area contributed by atoms with E-state index in [1.807, 2.05) is 36.4 Å². The number of primary amides is 1. The summed E-state index contributed by atoms with van der Waals surface area (Å²) in [5, 5.41) is 3.92. The summed E-state index contributed by atoms with van der Waals surface area (Å²) in [6, 6.07) is 14.8. The minimum atomic E-state index is -0.444. The molecule has 0 saturated carbocycles. The number of ether oxygens (including phenoxy) is 1. The van der Waals surface area contributed by atoms with Gasteiger partial charge in [0.05, 0.1) is 5.71 Å². The third-order valence-corrected chi connectivity index (χ3v) is 3.82. The first-order valence-electron chi connectivity index (χ1n) is 7.71. The Morgan fingerprint density at radius 3 is 2.56 bits per heavy atom. The molecule has 0 saturated heterocycles. The zero-order valence-electron chi connectivity index (χ0n) is 13.6. The summed E-state index contributed by atoms with van der Waals surface area (Å²) in [6.45, 7) is 0.794. The Balaban J connectivity index is 0.00000225. The van der Waals surface area contributed by atoms with E-state index in [1.54, 1.807) is 12.1 Å². The standard InChI is InChI=1S/C18H19N3O3.ClH/c19-10-14-9-15(24-21-14)11-23-17-4-2-1-3-16(17)12-5-7-13(8-6-12)18(20)22;/h1-8,15H,9-11,19H2,(H2,20,22);1H. The van der Waals surface area contributed by atoms with Crippen molar-refractivity contribution in [1.82, 2.24) is 0 Å². The Morgan fingerprint density at radius 1 is 1.20 bits per heavy atom. The van der Waals surface area contributed by atoms with Crippen molar-refractivity contribution < 1.29 is 14.4 Å². The molecule has 1 aliphatic heterocycles. The van der Waals surface area contributed by atoms with Crippen molar-refractivity contribution in [2.24, 2.45) is 16.6 Å². The molecule has 0 aliphatic carbocycles. The van der Waals surface area contributed by atoms with Gasteiger partial charge in [-0.2, -0.15) is 0 Å². The van der Waals surface area contributed by atoms with Crippen LogP contribution in [-0.2, 0) is 4.84 Å². The highest BCUT2D eigenvalue weighted by Gasteiger charge is 2.21. The topological polar surface area (TPSA) is 99.9 Å². The van der Waals surface area contributed by atoms with Gasteiger partial charge in [-0.25, -0.2) is 0 Å². The maximum absolute atomic E-state index is 11.2. The van der Waals surface area contributed by atoms with Crippen LogP contribution in [0.15, 0.2) is 53.7 Å². The number of hydrogen-bond donors (Lipinski definition) is 2. The summed E-state index contributed by atoms with van der Waals surface area (Å²) in [7, 11) is 0. The van der Waals surface area contributed by atoms with Crippen LogP contribution in [0.5, 0.6) is 5.75 Å². The third kappa shape index (κ3) is 4.49. The first-order chi connectivity index (χ1) is 11.7. The first-order valence-corrected chi connectivity index (χ1v) is 7.71. The van der Waals surface area contributed by atoms with Crippen molar-refractivity contribution in [3.05, 3.63) is 54.1 Å². The van der Waals surface area contributed by atoms with E-state index in [1.165, 1.54) is 0 Å². The molecule has 0 fully saturated rings. The summed E-state index contributed by atoms with van der Waals surface area (Å²) in [5.41, 5.74) is 14.0. The number of oxime groups is 1. The molecule has 0 aromatic heterocycles. The predicted octanol–water partition coefficient (Wildman–Crippen LogP) is 2.36. The number of nitrogens with two attached hydrogens (primary N) is 2. The molecule has 25 heavy (non-hydrogen) atoms. The summed E-state index contributed by atoms with van der Waals surface area (Å²) in [5.74, 6) is 0.300. The fourth-order valence-corrected chi connectivity index (χ4v) is 2.52. The van der Waals surface area contributed by atoms with Crippen LogP contribution >= 0.6 is 12.4 Å². The minimum Gasteiger partial charge on any atom is -0.489 e. The number of benzene rings is 2. The van der Waals surface area contributed by atoms with Gasteiger partial charge in [0.2, 0.25) is 5.91 Å². The van der Waals surface area contributed by atoms with E-state index in [0.717, 1.165) is 22.6 Å². The molecule has 3 rings (SSSR count). The van der Waals surface area contributed by atoms with Crippen LogP contribution in [0.25, 0.3) is 11.1 Å². The molecule has 1 aliphatic rings. The molecule has 0 radical (unpaired) electrons. The molecule has 1 atom stereocenters. The summed E-state index contributed by atoms with van der Waals surface area (Å²) in [4.78, 5) is 16.5. The van der Waals surface area contributed by atoms with Gasteiger partial charge in [-0.15, -0.1) is 12.4 Å². The van der Waals surface area contributed by atoms with Crippen molar-refractivity contribution >= 4 is 24.0 Å². The number of carbonyl (C=O) groups is 1. The molecule has 0 spiro atoms. The molecular formula is C18H20ClN3O3. The second-order valence-electron chi connectivity index (χ2n) is 5.54. The van der Waals surface area contributed by atoms with Gasteiger partial charge in [0.25, 0.3) is 0 Å². The molecule has 2 aromatic rings. The summed E-state index contributed by atoms with van der Waals surface area (Å²) in [6.07, 6.45) is 0.570. The highest BCUT2D eigenvalue weighted by molar-refractivity contribution is 5.93. The van der Waals surface area contributed by atoms with Crippen molar-refractivity contribution in [2.45, 2.75) is 12.5 Å². The van der Waals surface area contributed by atoms with Crippen molar-refractivity contribution in [2.75, 3.05) is 13.2 Å². The lowest BCUT2D eigenvalue weighted by molar-refractivity contribution is 0.0472. The van der Waals surface area contributed by atoms with Crippen molar-refractivity contribution in [1.29, 1.82) is 0 Å². The van der Waals surface area contributed by atoms with Gasteiger partial charge in [-0.05, 0) is 23.8 Å². The Labute approximate surface area is 152 Å². The Bertz CT molecular complexity index is 762. The van der Waals surface area contributed by atoms with Crippen LogP contribution in [0.4, 0.5) is 0 Å². The van der Waals surface area contributed by atoms with Gasteiger partial charge in [0.1, 0.15) is 12.4 Å². The Kier molecular flexibility index (Phi) is 6.38. The van der Waals surface area contributed by atoms with Crippen molar-refractivity contribution in [3.8, 4) is 16.9 Å². The highest BCUT2D eigenvalue weighted by atomic mass is 35.5. The van der Waals surface area contributed by atoms with E-state index < -0.39 is 5.91 Å². The third-order valence-electron chi connectivity index (χ3n) is 3.82. The SMILES string of the molecule is Cl.NCC1=NOC(COc2ccccc2-c2ccc(C(N)=O)cc2)C1. The molecule has 1 heterocycles. The summed E-state index contributed by atoms with van der Waals surface area (Å²) >= 11 is 0. The second-order valence-corrected chi connectivity index (χ2v) is 5.54. The molecule has 132 valence electrons. The number of rotatable bonds is 6. The highest BCUT2D eigenvalue weighted by Crippen LogP contribution is 2.30. The van der Waals surface area contributed by atoms with Crippen LogP contribution in [0.1, 0.15) is 16.8 Å². The zero-order chi connectivity index (χ0) is 16.9. The lowest BCUT2D eigenvalue weighted by Gasteiger charge is -2.14. The number of carbonyl (C=O) groups excluding carboxylic acids is 1. The molecule has 1 unspecified atom stereocenters. The van der Waals surface area contributed by atoms with Crippen LogP contribution in [0.3, 0.4) is 0 Å². The van der Waals surface area contributed by atoms with Gasteiger partial charge in [0.15, 0.2) is 6.10 Å². The van der Waals surface area contributed by atoms with Crippen LogP contribution in [-0.4, -0.2) is 30.9 Å². The van der Waals surface area contributed by atoms with Crippen LogP contribution in [0.2, 0.25) is 0 Å². The minimum absolute atomic E-state index is 0. The van der Waals surface area contributed by atoms with E-state index in [2.05, 4.69) is 5.16 Å². The van der Waals surface area contributed by atoms with Gasteiger partial charge >= 0.3 is 0 Å². The number of nitrogens with zero attached hydrogens (tertiary/aromatic N) is 1. The summed E-state index contributed by atoms with van der Waals surface area (Å²) < 4.78 is 5.92. The van der Waals surface area contributed by atoms with E-state index in [0.29, 0.717) is 25.1 Å². The van der Waals surface area contributed by atoms with Crippen LogP contribution in [0, 0.1) is 0 Å². The zero-order valence-corrected chi connectivity index (χ0v) is 14.4. The largest absolute Gasteiger partial charge is 0.489 e. The van der Waals surface area contributed by atoms with Gasteiger partial charge in [0, 0.05) is 24.1 Å². The average molecular weight is 362 g/mol. The molecule has 4 N–H and O–H groups in total. The Hall–Kier alpha value is -2.57. The fraction of sp³-hybridized carbons (Fsp3) is 0.222. The van der Waals surface area contributed by atoms with Gasteiger partial charge in [-0.1, -0.05) is 35.5 Å². The quantitative estimate of drug-likeness (QED) is 0.824. The lowest BCUT2D eigenvalue weighted by Crippen LogP contribution is -2.20. The molecule has 0 bridgehead atoms. The first kappa shape index (κ1) is 18.8. The smallest absolute Gasteiger partial charge is 0.248 e. The monoisotopic (exact) mass is 361 g/mol. The fourth-order valence-electron chi connectivity index (χ4n) is 2.52. The number of amides is 1. The van der Waals surface area contributed by atoms with Crippen molar-refractivity contribution in [3.63, 3.8) is 0 Å². The maximum Gasteiger partial charge on any atom is 0.248 e. The molecule has 1 amide bonds. The van der Waals surface area contributed by atoms with E-state index in [4.69, 9.17) is 21.0 Å². The number of para-hydroxylation sites is 1. The average Bonchev–Trinajstić information content (AvgIpc) is 3.08. The number of halogens is 1. The molecule has 6 nitrogen and oxygen atoms in total. The Morgan fingerprint density at radius 2 is 1.92 bits per heavy atom. The van der Waals surface area contributed by atoms with E-state index >= 15 is 0 Å². The van der Waals surface area contributed by atoms with Gasteiger partial charge < -0.3 is 21.0 Å². The predicted molar refractivity (Wildman–Crippen MR) is 99.1 cm³/mol. The van der Waals surface area contributed by atoms with E-state index in [9.17, 15) is 4.79 Å². The molecular weight excluding hydrogens is 342 g/mol. The van der Waals surface area contributed by atoms with E-state index in [-0.39, 0.29) is 18.5 Å². The van der Waals surface area contributed by atoms with Gasteiger partial charge in [-0.3, -0.25) is 4.79 Å². The molecule has 2 aromatic carbocycles. The molecule has 7 heteroatoms.